The minimum atomic E-state index is -4.97. The predicted molar refractivity (Wildman–Crippen MR) is 91.2 cm³/mol. The maximum atomic E-state index is 12.9. The first-order valence-electron chi connectivity index (χ1n) is 8.75. The van der Waals surface area contributed by atoms with Crippen LogP contribution in [0.15, 0.2) is 24.3 Å². The standard InChI is InChI=1S/C18H16F6N4O2/c19-17(20,21)10-1-8(2-11(6-10)18(22,23)24)3-15(29)26-12-4-9(5-12)13-7-14(16(25)30)28-27-13/h1-2,6-7,9,12H,3-5H2,(H2,25,30)(H,26,29)(H,27,28)/t9-,12+. The molecule has 12 heteroatoms. The van der Waals surface area contributed by atoms with Gasteiger partial charge in [-0.1, -0.05) is 0 Å². The van der Waals surface area contributed by atoms with Gasteiger partial charge >= 0.3 is 12.4 Å². The monoisotopic (exact) mass is 434 g/mol. The largest absolute Gasteiger partial charge is 0.416 e. The number of alkyl halides is 6. The molecule has 1 aromatic heterocycles. The number of nitrogens with two attached hydrogens (primary N) is 1. The van der Waals surface area contributed by atoms with Crippen molar-refractivity contribution in [1.82, 2.24) is 15.5 Å². The quantitative estimate of drug-likeness (QED) is 0.631. The normalized spacial score (nSPS) is 19.3. The summed E-state index contributed by atoms with van der Waals surface area (Å²) in [6.07, 6.45) is -9.64. The van der Waals surface area contributed by atoms with Crippen LogP contribution in [0.1, 0.15) is 51.6 Å². The van der Waals surface area contributed by atoms with Gasteiger partial charge in [0.1, 0.15) is 5.69 Å². The van der Waals surface area contributed by atoms with Gasteiger partial charge in [0.2, 0.25) is 5.91 Å². The van der Waals surface area contributed by atoms with Crippen LogP contribution in [0, 0.1) is 0 Å². The Bertz CT molecular complexity index is 928. The van der Waals surface area contributed by atoms with Gasteiger partial charge in [-0.3, -0.25) is 14.7 Å². The van der Waals surface area contributed by atoms with Crippen LogP contribution < -0.4 is 11.1 Å². The van der Waals surface area contributed by atoms with Gasteiger partial charge in [-0.05, 0) is 42.7 Å². The number of primary amides is 1. The predicted octanol–water partition coefficient (Wildman–Crippen LogP) is 3.15. The van der Waals surface area contributed by atoms with Crippen molar-refractivity contribution in [3.05, 3.63) is 52.3 Å². The first kappa shape index (κ1) is 21.7. The summed E-state index contributed by atoms with van der Waals surface area (Å²) in [7, 11) is 0. The number of amides is 2. The molecular formula is C18H16F6N4O2. The molecular weight excluding hydrogens is 418 g/mol. The fourth-order valence-electron chi connectivity index (χ4n) is 3.24. The second-order valence-electron chi connectivity index (χ2n) is 7.09. The zero-order chi connectivity index (χ0) is 22.3. The van der Waals surface area contributed by atoms with Gasteiger partial charge in [0, 0.05) is 12.0 Å². The lowest BCUT2D eigenvalue weighted by Gasteiger charge is -2.34. The fraction of sp³-hybridized carbons (Fsp3) is 0.389. The van der Waals surface area contributed by atoms with Crippen molar-refractivity contribution >= 4 is 11.8 Å². The number of rotatable bonds is 5. The number of aromatic nitrogens is 2. The Kier molecular flexibility index (Phi) is 5.52. The average Bonchev–Trinajstić information content (AvgIpc) is 3.05. The topological polar surface area (TPSA) is 101 Å². The van der Waals surface area contributed by atoms with Crippen molar-refractivity contribution in [3.63, 3.8) is 0 Å². The first-order valence-corrected chi connectivity index (χ1v) is 8.75. The molecule has 0 aliphatic heterocycles. The van der Waals surface area contributed by atoms with Crippen LogP contribution in [0.3, 0.4) is 0 Å². The number of benzene rings is 1. The Labute approximate surface area is 165 Å². The van der Waals surface area contributed by atoms with Gasteiger partial charge in [0.05, 0.1) is 23.2 Å². The molecule has 0 atom stereocenters. The lowest BCUT2D eigenvalue weighted by atomic mass is 9.78. The molecule has 1 saturated carbocycles. The molecule has 4 N–H and O–H groups in total. The Morgan fingerprint density at radius 3 is 2.07 bits per heavy atom. The summed E-state index contributed by atoms with van der Waals surface area (Å²) in [5, 5.41) is 9.02. The highest BCUT2D eigenvalue weighted by Crippen LogP contribution is 2.37. The number of nitrogens with zero attached hydrogens (tertiary/aromatic N) is 1. The second-order valence-corrected chi connectivity index (χ2v) is 7.09. The highest BCUT2D eigenvalue weighted by molar-refractivity contribution is 5.90. The van der Waals surface area contributed by atoms with Crippen molar-refractivity contribution in [2.75, 3.05) is 0 Å². The van der Waals surface area contributed by atoms with Crippen LogP contribution in [0.25, 0.3) is 0 Å². The minimum absolute atomic E-state index is 0.0160. The van der Waals surface area contributed by atoms with E-state index in [1.54, 1.807) is 0 Å². The van der Waals surface area contributed by atoms with E-state index in [-0.39, 0.29) is 29.3 Å². The van der Waals surface area contributed by atoms with Gasteiger partial charge < -0.3 is 11.1 Å². The lowest BCUT2D eigenvalue weighted by Crippen LogP contribution is -2.44. The van der Waals surface area contributed by atoms with Crippen molar-refractivity contribution in [3.8, 4) is 0 Å². The Morgan fingerprint density at radius 2 is 1.60 bits per heavy atom. The highest BCUT2D eigenvalue weighted by atomic mass is 19.4. The summed E-state index contributed by atoms with van der Waals surface area (Å²) in [6.45, 7) is 0. The Hall–Kier alpha value is -3.05. The molecule has 0 unspecified atom stereocenters. The molecule has 2 amide bonds. The molecule has 0 bridgehead atoms. The van der Waals surface area contributed by atoms with E-state index in [9.17, 15) is 35.9 Å². The molecule has 1 aliphatic rings. The molecule has 3 rings (SSSR count). The van der Waals surface area contributed by atoms with E-state index in [1.165, 1.54) is 6.07 Å². The van der Waals surface area contributed by atoms with Crippen LogP contribution >= 0.6 is 0 Å². The second kappa shape index (κ2) is 7.65. The number of hydrogen-bond acceptors (Lipinski definition) is 3. The summed E-state index contributed by atoms with van der Waals surface area (Å²) in [5.41, 5.74) is 2.53. The van der Waals surface area contributed by atoms with Crippen molar-refractivity contribution in [2.24, 2.45) is 5.73 Å². The molecule has 0 spiro atoms. The molecule has 1 aliphatic carbocycles. The molecule has 162 valence electrons. The van der Waals surface area contributed by atoms with Gasteiger partial charge in [-0.2, -0.15) is 31.4 Å². The molecule has 1 aromatic carbocycles. The average molecular weight is 434 g/mol. The van der Waals surface area contributed by atoms with Gasteiger partial charge in [-0.15, -0.1) is 0 Å². The summed E-state index contributed by atoms with van der Waals surface area (Å²) in [4.78, 5) is 23.2. The van der Waals surface area contributed by atoms with Crippen molar-refractivity contribution < 1.29 is 35.9 Å². The van der Waals surface area contributed by atoms with Crippen LogP contribution in [0.5, 0.6) is 0 Å². The van der Waals surface area contributed by atoms with E-state index in [0.717, 1.165) is 0 Å². The zero-order valence-electron chi connectivity index (χ0n) is 15.2. The molecule has 0 radical (unpaired) electrons. The van der Waals surface area contributed by atoms with E-state index in [4.69, 9.17) is 5.73 Å². The summed E-state index contributed by atoms with van der Waals surface area (Å²) in [5.74, 6) is -1.41. The SMILES string of the molecule is NC(=O)c1cc([C@H]2C[C@@H](NC(=O)Cc3cc(C(F)(F)F)cc(C(F)(F)F)c3)C2)n[nH]1. The molecule has 2 aromatic rings. The van der Waals surface area contributed by atoms with Gasteiger partial charge in [0.15, 0.2) is 0 Å². The molecule has 30 heavy (non-hydrogen) atoms. The number of aromatic amines is 1. The zero-order valence-corrected chi connectivity index (χ0v) is 15.2. The van der Waals surface area contributed by atoms with Crippen LogP contribution in [0.2, 0.25) is 0 Å². The summed E-state index contributed by atoms with van der Waals surface area (Å²) in [6, 6.07) is 2.28. The third kappa shape index (κ3) is 4.92. The third-order valence-electron chi connectivity index (χ3n) is 4.80. The molecule has 1 heterocycles. The van der Waals surface area contributed by atoms with Gasteiger partial charge in [-0.25, -0.2) is 0 Å². The molecule has 6 nitrogen and oxygen atoms in total. The lowest BCUT2D eigenvalue weighted by molar-refractivity contribution is -0.143. The number of carbonyl (C=O) groups is 2. The summed E-state index contributed by atoms with van der Waals surface area (Å²) < 4.78 is 77.4. The molecule has 0 saturated heterocycles. The number of carbonyl (C=O) groups excluding carboxylic acids is 2. The van der Waals surface area contributed by atoms with E-state index >= 15 is 0 Å². The highest BCUT2D eigenvalue weighted by Gasteiger charge is 2.37. The van der Waals surface area contributed by atoms with E-state index < -0.39 is 41.7 Å². The Morgan fingerprint density at radius 1 is 1.03 bits per heavy atom. The van der Waals surface area contributed by atoms with E-state index in [1.807, 2.05) is 0 Å². The van der Waals surface area contributed by atoms with Gasteiger partial charge in [0.25, 0.3) is 5.91 Å². The number of halogens is 6. The number of H-pyrrole nitrogens is 1. The number of hydrogen-bond donors (Lipinski definition) is 3. The number of nitrogens with one attached hydrogen (secondary N) is 2. The van der Waals surface area contributed by atoms with E-state index in [0.29, 0.717) is 30.7 Å². The van der Waals surface area contributed by atoms with Crippen LogP contribution in [0.4, 0.5) is 26.3 Å². The van der Waals surface area contributed by atoms with Crippen molar-refractivity contribution in [1.29, 1.82) is 0 Å². The third-order valence-corrected chi connectivity index (χ3v) is 4.80. The van der Waals surface area contributed by atoms with Crippen molar-refractivity contribution in [2.45, 2.75) is 43.6 Å². The summed E-state index contributed by atoms with van der Waals surface area (Å²) >= 11 is 0. The maximum Gasteiger partial charge on any atom is 0.416 e. The fourth-order valence-corrected chi connectivity index (χ4v) is 3.24. The van der Waals surface area contributed by atoms with Crippen LogP contribution in [-0.4, -0.2) is 28.1 Å². The van der Waals surface area contributed by atoms with E-state index in [2.05, 4.69) is 15.5 Å². The van der Waals surface area contributed by atoms with Crippen LogP contribution in [-0.2, 0) is 23.6 Å². The molecule has 1 fully saturated rings. The minimum Gasteiger partial charge on any atom is -0.364 e. The Balaban J connectivity index is 1.62. The first-order chi connectivity index (χ1) is 13.8. The smallest absolute Gasteiger partial charge is 0.364 e. The maximum absolute atomic E-state index is 12.9.